The number of carbonyl (C=O) groups is 2. The highest BCUT2D eigenvalue weighted by Crippen LogP contribution is 2.45. The summed E-state index contributed by atoms with van der Waals surface area (Å²) in [5, 5.41) is 12.3. The normalized spacial score (nSPS) is 30.1. The Bertz CT molecular complexity index is 570. The van der Waals surface area contributed by atoms with Crippen LogP contribution in [0.2, 0.25) is 0 Å². The number of fused-ring (bicyclic) bond motifs is 2. The van der Waals surface area contributed by atoms with E-state index in [0.717, 1.165) is 18.5 Å². The summed E-state index contributed by atoms with van der Waals surface area (Å²) in [6.07, 6.45) is 7.41. The van der Waals surface area contributed by atoms with Gasteiger partial charge in [0.15, 0.2) is 0 Å². The van der Waals surface area contributed by atoms with Crippen LogP contribution in [-0.4, -0.2) is 22.0 Å². The van der Waals surface area contributed by atoms with Crippen molar-refractivity contribution in [3.8, 4) is 0 Å². The Morgan fingerprint density at radius 1 is 1.19 bits per heavy atom. The number of aliphatic carboxylic acids is 1. The van der Waals surface area contributed by atoms with E-state index >= 15 is 0 Å². The summed E-state index contributed by atoms with van der Waals surface area (Å²) in [4.78, 5) is 28.1. The lowest BCUT2D eigenvalue weighted by molar-refractivity contribution is -0.153. The number of carbonyl (C=O) groups excluding carboxylic acids is 1. The van der Waals surface area contributed by atoms with E-state index in [2.05, 4.69) is 10.3 Å². The van der Waals surface area contributed by atoms with Crippen LogP contribution in [0.15, 0.2) is 36.5 Å². The number of carboxylic acids is 1. The molecule has 1 fully saturated rings. The number of aromatic nitrogens is 1. The predicted octanol–water partition coefficient (Wildman–Crippen LogP) is 1.61. The standard InChI is InChI=1S/C16H18N2O3/c19-15(18-9-12-3-1-2-8-17-12)13-10-4-6-11(7-5-10)14(13)16(20)21/h1-4,6,8,10-11,13-14H,5,7,9H2,(H,18,19)(H,20,21). The molecule has 0 aromatic carbocycles. The van der Waals surface area contributed by atoms with Crippen LogP contribution in [0.1, 0.15) is 18.5 Å². The molecule has 1 saturated carbocycles. The third-order valence-electron chi connectivity index (χ3n) is 4.51. The molecular formula is C16H18N2O3. The van der Waals surface area contributed by atoms with Gasteiger partial charge >= 0.3 is 5.97 Å². The Morgan fingerprint density at radius 2 is 1.90 bits per heavy atom. The van der Waals surface area contributed by atoms with E-state index in [4.69, 9.17) is 0 Å². The molecule has 3 aliphatic carbocycles. The van der Waals surface area contributed by atoms with Crippen LogP contribution in [0.5, 0.6) is 0 Å². The van der Waals surface area contributed by atoms with E-state index in [1.54, 1.807) is 6.20 Å². The molecule has 4 unspecified atom stereocenters. The third-order valence-corrected chi connectivity index (χ3v) is 4.51. The molecular weight excluding hydrogens is 268 g/mol. The fraction of sp³-hybridized carbons (Fsp3) is 0.438. The molecule has 0 saturated heterocycles. The van der Waals surface area contributed by atoms with Crippen molar-refractivity contribution in [2.45, 2.75) is 19.4 Å². The number of carboxylic acid groups (broad SMARTS) is 1. The first kappa shape index (κ1) is 13.8. The van der Waals surface area contributed by atoms with Crippen LogP contribution in [0, 0.1) is 23.7 Å². The van der Waals surface area contributed by atoms with Crippen molar-refractivity contribution in [3.63, 3.8) is 0 Å². The zero-order valence-electron chi connectivity index (χ0n) is 11.6. The Balaban J connectivity index is 1.71. The Hall–Kier alpha value is -2.17. The van der Waals surface area contributed by atoms with Crippen molar-refractivity contribution < 1.29 is 14.7 Å². The average Bonchev–Trinajstić information content (AvgIpc) is 2.53. The number of hydrogen-bond acceptors (Lipinski definition) is 3. The Kier molecular flexibility index (Phi) is 3.73. The summed E-state index contributed by atoms with van der Waals surface area (Å²) < 4.78 is 0. The first-order valence-corrected chi connectivity index (χ1v) is 7.25. The largest absolute Gasteiger partial charge is 0.481 e. The number of amides is 1. The van der Waals surface area contributed by atoms with Crippen LogP contribution in [0.25, 0.3) is 0 Å². The zero-order chi connectivity index (χ0) is 14.8. The molecule has 1 aromatic heterocycles. The fourth-order valence-electron chi connectivity index (χ4n) is 3.49. The second-order valence-electron chi connectivity index (χ2n) is 5.72. The molecule has 4 rings (SSSR count). The molecule has 21 heavy (non-hydrogen) atoms. The van der Waals surface area contributed by atoms with Crippen LogP contribution in [-0.2, 0) is 16.1 Å². The van der Waals surface area contributed by atoms with Gasteiger partial charge in [0.1, 0.15) is 0 Å². The van der Waals surface area contributed by atoms with Crippen molar-refractivity contribution in [3.05, 3.63) is 42.2 Å². The van der Waals surface area contributed by atoms with Crippen LogP contribution in [0.4, 0.5) is 0 Å². The molecule has 1 heterocycles. The SMILES string of the molecule is O=C(O)C1C2C=CC(CC2)C1C(=O)NCc1ccccn1. The smallest absolute Gasteiger partial charge is 0.307 e. The number of hydrogen-bond donors (Lipinski definition) is 2. The van der Waals surface area contributed by atoms with Gasteiger partial charge in [0.25, 0.3) is 0 Å². The maximum atomic E-state index is 12.4. The minimum Gasteiger partial charge on any atom is -0.481 e. The molecule has 2 bridgehead atoms. The van der Waals surface area contributed by atoms with Gasteiger partial charge in [-0.2, -0.15) is 0 Å². The molecule has 0 spiro atoms. The first-order chi connectivity index (χ1) is 10.2. The minimum absolute atomic E-state index is 0.0156. The van der Waals surface area contributed by atoms with Crippen LogP contribution in [0.3, 0.4) is 0 Å². The van der Waals surface area contributed by atoms with Gasteiger partial charge in [-0.1, -0.05) is 18.2 Å². The number of nitrogens with one attached hydrogen (secondary N) is 1. The molecule has 0 radical (unpaired) electrons. The zero-order valence-corrected chi connectivity index (χ0v) is 11.6. The maximum Gasteiger partial charge on any atom is 0.307 e. The summed E-state index contributed by atoms with van der Waals surface area (Å²) in [5.74, 6) is -2.08. The summed E-state index contributed by atoms with van der Waals surface area (Å²) >= 11 is 0. The lowest BCUT2D eigenvalue weighted by atomic mass is 9.62. The molecule has 5 nitrogen and oxygen atoms in total. The van der Waals surface area contributed by atoms with Crippen molar-refractivity contribution in [2.75, 3.05) is 0 Å². The van der Waals surface area contributed by atoms with E-state index in [1.807, 2.05) is 30.4 Å². The predicted molar refractivity (Wildman–Crippen MR) is 76.1 cm³/mol. The molecule has 1 amide bonds. The van der Waals surface area contributed by atoms with Gasteiger partial charge in [-0.25, -0.2) is 0 Å². The molecule has 110 valence electrons. The van der Waals surface area contributed by atoms with Crippen LogP contribution >= 0.6 is 0 Å². The van der Waals surface area contributed by atoms with Crippen molar-refractivity contribution in [2.24, 2.45) is 23.7 Å². The van der Waals surface area contributed by atoms with E-state index in [-0.39, 0.29) is 17.7 Å². The van der Waals surface area contributed by atoms with Crippen molar-refractivity contribution in [1.29, 1.82) is 0 Å². The number of pyridine rings is 1. The lowest BCUT2D eigenvalue weighted by Gasteiger charge is -2.41. The molecule has 5 heteroatoms. The summed E-state index contributed by atoms with van der Waals surface area (Å²) in [6.45, 7) is 0.337. The Labute approximate surface area is 123 Å². The second kappa shape index (κ2) is 5.68. The highest BCUT2D eigenvalue weighted by atomic mass is 16.4. The third kappa shape index (κ3) is 2.68. The molecule has 1 aromatic rings. The Morgan fingerprint density at radius 3 is 2.48 bits per heavy atom. The quantitative estimate of drug-likeness (QED) is 0.824. The van der Waals surface area contributed by atoms with Gasteiger partial charge in [-0.05, 0) is 36.8 Å². The number of allylic oxidation sites excluding steroid dienone is 2. The summed E-state index contributed by atoms with van der Waals surface area (Å²) in [7, 11) is 0. The monoisotopic (exact) mass is 286 g/mol. The van der Waals surface area contributed by atoms with Gasteiger partial charge in [0.05, 0.1) is 24.1 Å². The number of nitrogens with zero attached hydrogens (tertiary/aromatic N) is 1. The van der Waals surface area contributed by atoms with E-state index < -0.39 is 17.8 Å². The highest BCUT2D eigenvalue weighted by molar-refractivity contribution is 5.86. The van der Waals surface area contributed by atoms with Crippen molar-refractivity contribution >= 4 is 11.9 Å². The average molecular weight is 286 g/mol. The molecule has 2 N–H and O–H groups in total. The summed E-state index contributed by atoms with van der Waals surface area (Å²) in [6, 6.07) is 5.51. The van der Waals surface area contributed by atoms with Gasteiger partial charge in [0.2, 0.25) is 5.91 Å². The van der Waals surface area contributed by atoms with Gasteiger partial charge in [-0.3, -0.25) is 14.6 Å². The van der Waals surface area contributed by atoms with Gasteiger partial charge < -0.3 is 10.4 Å². The fourth-order valence-corrected chi connectivity index (χ4v) is 3.49. The number of rotatable bonds is 4. The van der Waals surface area contributed by atoms with Crippen LogP contribution < -0.4 is 5.32 Å². The molecule has 0 aliphatic heterocycles. The van der Waals surface area contributed by atoms with E-state index in [9.17, 15) is 14.7 Å². The lowest BCUT2D eigenvalue weighted by Crippen LogP contribution is -2.48. The minimum atomic E-state index is -0.868. The first-order valence-electron chi connectivity index (χ1n) is 7.25. The highest BCUT2D eigenvalue weighted by Gasteiger charge is 2.48. The van der Waals surface area contributed by atoms with Crippen molar-refractivity contribution in [1.82, 2.24) is 10.3 Å². The topological polar surface area (TPSA) is 79.3 Å². The van der Waals surface area contributed by atoms with Gasteiger partial charge in [-0.15, -0.1) is 0 Å². The van der Waals surface area contributed by atoms with Gasteiger partial charge in [0, 0.05) is 6.20 Å². The maximum absolute atomic E-state index is 12.4. The van der Waals surface area contributed by atoms with E-state index in [0.29, 0.717) is 6.54 Å². The molecule has 3 aliphatic rings. The summed E-state index contributed by atoms with van der Waals surface area (Å²) in [5.41, 5.74) is 0.772. The second-order valence-corrected chi connectivity index (χ2v) is 5.72. The molecule has 4 atom stereocenters. The van der Waals surface area contributed by atoms with E-state index in [1.165, 1.54) is 0 Å².